The van der Waals surface area contributed by atoms with Crippen LogP contribution in [-0.2, 0) is 9.59 Å². The summed E-state index contributed by atoms with van der Waals surface area (Å²) in [5.74, 6) is -1.36. The van der Waals surface area contributed by atoms with E-state index in [9.17, 15) is 9.59 Å². The molecule has 1 aliphatic heterocycles. The molecule has 0 aliphatic carbocycles. The Balaban J connectivity index is 1.65. The summed E-state index contributed by atoms with van der Waals surface area (Å²) in [5.41, 5.74) is 3.83. The van der Waals surface area contributed by atoms with Gasteiger partial charge in [0.15, 0.2) is 0 Å². The normalized spacial score (nSPS) is 16.2. The molecule has 1 aliphatic rings. The van der Waals surface area contributed by atoms with Gasteiger partial charge in [0.25, 0.3) is 0 Å². The van der Waals surface area contributed by atoms with Gasteiger partial charge in [0.2, 0.25) is 0 Å². The predicted molar refractivity (Wildman–Crippen MR) is 87.6 cm³/mol. The third-order valence-electron chi connectivity index (χ3n) is 3.85. The Kier molecular flexibility index (Phi) is 4.50. The number of anilines is 1. The number of fused-ring (bicyclic) bond motifs is 1. The molecule has 1 fully saturated rings. The first-order chi connectivity index (χ1) is 11.1. The lowest BCUT2D eigenvalue weighted by molar-refractivity contribution is -0.139. The zero-order valence-electron chi connectivity index (χ0n) is 13.0. The molecule has 120 valence electrons. The van der Waals surface area contributed by atoms with Crippen LogP contribution in [0.15, 0.2) is 36.5 Å². The second-order valence-electron chi connectivity index (χ2n) is 5.57. The summed E-state index contributed by atoms with van der Waals surface area (Å²) < 4.78 is 0. The summed E-state index contributed by atoms with van der Waals surface area (Å²) in [6.45, 7) is 3.11. The Bertz CT molecular complexity index is 720. The molecule has 1 aromatic heterocycles. The van der Waals surface area contributed by atoms with Gasteiger partial charge in [-0.25, -0.2) is 5.01 Å². The minimum atomic E-state index is -0.693. The number of aromatic nitrogens is 1. The number of hydrogen-bond donors (Lipinski definition) is 2. The number of piperazine rings is 1. The van der Waals surface area contributed by atoms with Crippen molar-refractivity contribution < 1.29 is 9.59 Å². The van der Waals surface area contributed by atoms with E-state index in [4.69, 9.17) is 0 Å². The fraction of sp³-hybridized carbons (Fsp3) is 0.312. The van der Waals surface area contributed by atoms with Gasteiger partial charge >= 0.3 is 11.8 Å². The highest BCUT2D eigenvalue weighted by atomic mass is 16.2. The molecule has 0 bridgehead atoms. The molecule has 0 spiro atoms. The van der Waals surface area contributed by atoms with E-state index in [1.165, 1.54) is 0 Å². The number of para-hydroxylation sites is 1. The van der Waals surface area contributed by atoms with Crippen molar-refractivity contribution >= 4 is 28.4 Å². The lowest BCUT2D eigenvalue weighted by Crippen LogP contribution is -2.54. The lowest BCUT2D eigenvalue weighted by Gasteiger charge is -2.32. The second-order valence-corrected chi connectivity index (χ2v) is 5.57. The third-order valence-corrected chi connectivity index (χ3v) is 3.85. The van der Waals surface area contributed by atoms with Crippen molar-refractivity contribution in [3.63, 3.8) is 0 Å². The number of amides is 2. The molecule has 2 heterocycles. The SMILES string of the molecule is CN1CCN(NC(=O)C(=O)Nc2cccc3cccnc23)CC1. The number of rotatable bonds is 2. The van der Waals surface area contributed by atoms with Crippen molar-refractivity contribution in [3.8, 4) is 0 Å². The molecule has 7 heteroatoms. The number of nitrogens with one attached hydrogen (secondary N) is 2. The molecule has 1 saturated heterocycles. The van der Waals surface area contributed by atoms with Gasteiger partial charge in [-0.05, 0) is 19.2 Å². The zero-order valence-corrected chi connectivity index (χ0v) is 13.0. The molecule has 3 rings (SSSR count). The summed E-state index contributed by atoms with van der Waals surface area (Å²) in [7, 11) is 2.03. The third kappa shape index (κ3) is 3.64. The number of nitrogens with zero attached hydrogens (tertiary/aromatic N) is 3. The van der Waals surface area contributed by atoms with Gasteiger partial charge in [-0.15, -0.1) is 0 Å². The molecular formula is C16H19N5O2. The first-order valence-electron chi connectivity index (χ1n) is 7.53. The highest BCUT2D eigenvalue weighted by molar-refractivity contribution is 6.40. The van der Waals surface area contributed by atoms with Crippen LogP contribution >= 0.6 is 0 Å². The molecule has 0 saturated carbocycles. The van der Waals surface area contributed by atoms with Crippen LogP contribution in [0.4, 0.5) is 5.69 Å². The van der Waals surface area contributed by atoms with E-state index in [0.717, 1.165) is 18.5 Å². The van der Waals surface area contributed by atoms with Crippen molar-refractivity contribution in [3.05, 3.63) is 36.5 Å². The van der Waals surface area contributed by atoms with Gasteiger partial charge < -0.3 is 10.2 Å². The Morgan fingerprint density at radius 3 is 2.57 bits per heavy atom. The average molecular weight is 313 g/mol. The number of carbonyl (C=O) groups excluding carboxylic acids is 2. The molecule has 7 nitrogen and oxygen atoms in total. The zero-order chi connectivity index (χ0) is 16.2. The molecule has 2 amide bonds. The first kappa shape index (κ1) is 15.4. The minimum absolute atomic E-state index is 0.529. The number of hydrogen-bond acceptors (Lipinski definition) is 5. The van der Waals surface area contributed by atoms with Crippen molar-refractivity contribution in [2.45, 2.75) is 0 Å². The van der Waals surface area contributed by atoms with Crippen LogP contribution in [0.5, 0.6) is 0 Å². The molecule has 0 atom stereocenters. The predicted octanol–water partition coefficient (Wildman–Crippen LogP) is 0.452. The van der Waals surface area contributed by atoms with Crippen LogP contribution in [0, 0.1) is 0 Å². The molecule has 0 radical (unpaired) electrons. The van der Waals surface area contributed by atoms with Gasteiger partial charge in [-0.3, -0.25) is 20.0 Å². The highest BCUT2D eigenvalue weighted by Crippen LogP contribution is 2.20. The van der Waals surface area contributed by atoms with Gasteiger partial charge in [0.1, 0.15) is 0 Å². The minimum Gasteiger partial charge on any atom is -0.316 e. The maximum absolute atomic E-state index is 12.1. The smallest absolute Gasteiger partial charge is 0.316 e. The average Bonchev–Trinajstić information content (AvgIpc) is 2.57. The van der Waals surface area contributed by atoms with Crippen LogP contribution in [0.3, 0.4) is 0 Å². The Morgan fingerprint density at radius 2 is 1.78 bits per heavy atom. The van der Waals surface area contributed by atoms with Gasteiger partial charge in [0.05, 0.1) is 11.2 Å². The van der Waals surface area contributed by atoms with E-state index < -0.39 is 11.8 Å². The molecular weight excluding hydrogens is 294 g/mol. The van der Waals surface area contributed by atoms with Gasteiger partial charge in [-0.1, -0.05) is 18.2 Å². The number of hydrazine groups is 1. The van der Waals surface area contributed by atoms with E-state index in [2.05, 4.69) is 20.6 Å². The monoisotopic (exact) mass is 313 g/mol. The van der Waals surface area contributed by atoms with Crippen LogP contribution in [0.2, 0.25) is 0 Å². The molecule has 2 N–H and O–H groups in total. The van der Waals surface area contributed by atoms with Crippen molar-refractivity contribution in [1.29, 1.82) is 0 Å². The maximum atomic E-state index is 12.1. The van der Waals surface area contributed by atoms with Crippen LogP contribution in [0.25, 0.3) is 10.9 Å². The Hall–Kier alpha value is -2.51. The fourth-order valence-electron chi connectivity index (χ4n) is 2.50. The lowest BCUT2D eigenvalue weighted by atomic mass is 10.2. The number of likely N-dealkylation sites (N-methyl/N-ethyl adjacent to an activating group) is 1. The van der Waals surface area contributed by atoms with E-state index in [0.29, 0.717) is 24.3 Å². The van der Waals surface area contributed by atoms with Crippen molar-refractivity contribution in [2.75, 3.05) is 38.5 Å². The summed E-state index contributed by atoms with van der Waals surface area (Å²) in [5, 5.41) is 5.31. The van der Waals surface area contributed by atoms with Gasteiger partial charge in [-0.2, -0.15) is 0 Å². The van der Waals surface area contributed by atoms with Crippen LogP contribution in [0.1, 0.15) is 0 Å². The topological polar surface area (TPSA) is 77.6 Å². The Morgan fingerprint density at radius 1 is 1.04 bits per heavy atom. The number of benzene rings is 1. The largest absolute Gasteiger partial charge is 0.323 e. The summed E-state index contributed by atoms with van der Waals surface area (Å²) >= 11 is 0. The highest BCUT2D eigenvalue weighted by Gasteiger charge is 2.20. The van der Waals surface area contributed by atoms with Crippen molar-refractivity contribution in [1.82, 2.24) is 20.3 Å². The van der Waals surface area contributed by atoms with Crippen LogP contribution in [-0.4, -0.2) is 59.9 Å². The van der Waals surface area contributed by atoms with E-state index >= 15 is 0 Å². The van der Waals surface area contributed by atoms with Gasteiger partial charge in [0, 0.05) is 37.8 Å². The number of pyridine rings is 1. The molecule has 0 unspecified atom stereocenters. The van der Waals surface area contributed by atoms with Crippen LogP contribution < -0.4 is 10.7 Å². The number of carbonyl (C=O) groups is 2. The van der Waals surface area contributed by atoms with E-state index in [-0.39, 0.29) is 0 Å². The maximum Gasteiger partial charge on any atom is 0.323 e. The van der Waals surface area contributed by atoms with Crippen molar-refractivity contribution in [2.24, 2.45) is 0 Å². The van der Waals surface area contributed by atoms with E-state index in [1.807, 2.05) is 31.3 Å². The Labute approximate surface area is 134 Å². The quantitative estimate of drug-likeness (QED) is 0.787. The first-order valence-corrected chi connectivity index (χ1v) is 7.53. The van der Waals surface area contributed by atoms with E-state index in [1.54, 1.807) is 17.3 Å². The summed E-state index contributed by atoms with van der Waals surface area (Å²) in [4.78, 5) is 30.6. The summed E-state index contributed by atoms with van der Waals surface area (Å²) in [6.07, 6.45) is 1.66. The molecule has 1 aromatic carbocycles. The second kappa shape index (κ2) is 6.72. The standard InChI is InChI=1S/C16H19N5O2/c1-20-8-10-21(11-9-20)19-16(23)15(22)18-13-6-2-4-12-5-3-7-17-14(12)13/h2-7H,8-11H2,1H3,(H,18,22)(H,19,23). The summed E-state index contributed by atoms with van der Waals surface area (Å²) in [6, 6.07) is 9.19. The fourth-order valence-corrected chi connectivity index (χ4v) is 2.50. The molecule has 2 aromatic rings. The molecule has 23 heavy (non-hydrogen) atoms.